The van der Waals surface area contributed by atoms with Gasteiger partial charge >= 0.3 is 61.7 Å². The Morgan fingerprint density at radius 1 is 0.312 bits per heavy atom. The topological polar surface area (TPSA) is 78.1 Å². The van der Waals surface area contributed by atoms with Crippen molar-refractivity contribution in [1.29, 1.82) is 0 Å². The van der Waals surface area contributed by atoms with E-state index in [0.29, 0.717) is 0 Å². The van der Waals surface area contributed by atoms with E-state index in [2.05, 4.69) is 16.2 Å². The van der Waals surface area contributed by atoms with Crippen LogP contribution in [0.3, 0.4) is 0 Å². The molecule has 0 aromatic carbocycles. The molecule has 0 saturated heterocycles. The van der Waals surface area contributed by atoms with E-state index >= 15 is 0 Å². The summed E-state index contributed by atoms with van der Waals surface area (Å²) in [5.41, 5.74) is -7.02. The van der Waals surface area contributed by atoms with E-state index in [1.807, 2.05) is 0 Å². The van der Waals surface area contributed by atoms with Gasteiger partial charge in [-0.25, -0.2) is 0 Å². The third kappa shape index (κ3) is 3.49. The minimum atomic E-state index is -8.98. The highest BCUT2D eigenvalue weighted by Gasteiger charge is 2.97. The lowest BCUT2D eigenvalue weighted by molar-refractivity contribution is -0.466. The van der Waals surface area contributed by atoms with Crippen LogP contribution in [0.15, 0.2) is 0 Å². The maximum atomic E-state index is 13.4. The van der Waals surface area contributed by atoms with E-state index in [0.717, 1.165) is 0 Å². The fourth-order valence-corrected chi connectivity index (χ4v) is 2.33. The molecular formula is C9H6F19N3Si. The molecule has 23 heteroatoms. The fraction of sp³-hybridized carbons (Fsp3) is 1.00. The largest absolute Gasteiger partial charge is 0.460 e. The van der Waals surface area contributed by atoms with Gasteiger partial charge in [-0.05, 0) is 0 Å². The van der Waals surface area contributed by atoms with Crippen molar-refractivity contribution >= 4 is 8.56 Å². The van der Waals surface area contributed by atoms with Crippen LogP contribution in [-0.2, 0) is 0 Å². The Labute approximate surface area is 162 Å². The Hall–Kier alpha value is -1.23. The third-order valence-electron chi connectivity index (χ3n) is 3.66. The Morgan fingerprint density at radius 3 is 0.688 bits per heavy atom. The van der Waals surface area contributed by atoms with Crippen molar-refractivity contribution in [3.63, 3.8) is 0 Å². The average molecular weight is 545 g/mol. The zero-order chi connectivity index (χ0) is 27.0. The molecule has 6 N–H and O–H groups in total. The molecule has 0 aromatic rings. The number of rotatable bonds is 8. The van der Waals surface area contributed by atoms with Gasteiger partial charge in [-0.1, -0.05) is 0 Å². The van der Waals surface area contributed by atoms with E-state index in [4.69, 9.17) is 0 Å². The number of hydrogen-bond acceptors (Lipinski definition) is 3. The maximum absolute atomic E-state index is 13.4. The highest BCUT2D eigenvalue weighted by Crippen LogP contribution is 2.65. The van der Waals surface area contributed by atoms with E-state index in [9.17, 15) is 83.4 Å². The summed E-state index contributed by atoms with van der Waals surface area (Å²) in [7, 11) is -6.65. The molecule has 0 heterocycles. The highest BCUT2D eigenvalue weighted by molar-refractivity contribution is 6.73. The van der Waals surface area contributed by atoms with Crippen LogP contribution >= 0.6 is 0 Å². The predicted octanol–water partition coefficient (Wildman–Crippen LogP) is 3.99. The molecule has 3 nitrogen and oxygen atoms in total. The van der Waals surface area contributed by atoms with Crippen molar-refractivity contribution in [2.24, 2.45) is 16.2 Å². The van der Waals surface area contributed by atoms with Gasteiger partial charge < -0.3 is 16.2 Å². The second kappa shape index (κ2) is 7.13. The summed E-state index contributed by atoms with van der Waals surface area (Å²) in [6.07, 6.45) is -7.92. The minimum Gasteiger partial charge on any atom is -0.323 e. The SMILES string of the molecule is N[Si](N)(N)C(F)(F)C(F)(F)C(F)(F)C(F)(F)C(F)(F)C(F)(F)C(F)(F)C(F)(F)C(F)(F)F. The predicted molar refractivity (Wildman–Crippen MR) is 63.9 cm³/mol. The molecule has 0 aromatic heterocycles. The van der Waals surface area contributed by atoms with E-state index < -0.39 is 61.7 Å². The summed E-state index contributed by atoms with van der Waals surface area (Å²) in [6, 6.07) is 0. The standard InChI is InChI=1S/C9H6F19N3Si/c10-1(11,2(12,13)4(16,17)6(20,21)8(24,25)26)3(14,15)5(18,19)7(22,23)9(27,28)32(29,30)31/h29-31H2. The second-order valence-corrected chi connectivity index (χ2v) is 8.52. The molecular weight excluding hydrogens is 539 g/mol. The monoisotopic (exact) mass is 545 g/mol. The van der Waals surface area contributed by atoms with Crippen LogP contribution in [0, 0.1) is 0 Å². The summed E-state index contributed by atoms with van der Waals surface area (Å²) in [6.45, 7) is 0. The zero-order valence-corrected chi connectivity index (χ0v) is 14.9. The first kappa shape index (κ1) is 30.8. The molecule has 32 heavy (non-hydrogen) atoms. The van der Waals surface area contributed by atoms with Gasteiger partial charge in [0.2, 0.25) is 0 Å². The first-order valence-electron chi connectivity index (χ1n) is 6.71. The van der Waals surface area contributed by atoms with Crippen molar-refractivity contribution in [3.8, 4) is 0 Å². The molecule has 0 fully saturated rings. The molecule has 0 radical (unpaired) electrons. The zero-order valence-electron chi connectivity index (χ0n) is 13.9. The first-order chi connectivity index (χ1) is 13.2. The molecule has 0 amide bonds. The van der Waals surface area contributed by atoms with Crippen LogP contribution in [0.25, 0.3) is 0 Å². The van der Waals surface area contributed by atoms with Crippen LogP contribution in [-0.4, -0.2) is 61.7 Å². The maximum Gasteiger partial charge on any atom is 0.460 e. The first-order valence-corrected chi connectivity index (χ1v) is 8.94. The number of nitrogens with two attached hydrogens (primary N) is 3. The molecule has 0 aliphatic carbocycles. The van der Waals surface area contributed by atoms with E-state index in [1.54, 1.807) is 0 Å². The Bertz CT molecular complexity index is 644. The van der Waals surface area contributed by atoms with Gasteiger partial charge in [0.05, 0.1) is 0 Å². The van der Waals surface area contributed by atoms with Gasteiger partial charge in [-0.15, -0.1) is 0 Å². The summed E-state index contributed by atoms with van der Waals surface area (Å²) in [4.78, 5) is 0. The molecule has 0 spiro atoms. The normalized spacial score (nSPS) is 17.1. The molecule has 0 aliphatic heterocycles. The summed E-state index contributed by atoms with van der Waals surface area (Å²) >= 11 is 0. The van der Waals surface area contributed by atoms with Crippen molar-refractivity contribution in [2.75, 3.05) is 0 Å². The highest BCUT2D eigenvalue weighted by atomic mass is 28.4. The fourth-order valence-electron chi connectivity index (χ4n) is 1.63. The summed E-state index contributed by atoms with van der Waals surface area (Å²) < 4.78 is 246. The lowest BCUT2D eigenvalue weighted by Gasteiger charge is -2.44. The molecule has 0 atom stereocenters. The number of alkyl halides is 19. The van der Waals surface area contributed by atoms with Gasteiger partial charge in [-0.2, -0.15) is 83.4 Å². The molecule has 0 bridgehead atoms. The van der Waals surface area contributed by atoms with E-state index in [-0.39, 0.29) is 0 Å². The Kier molecular flexibility index (Phi) is 6.86. The average Bonchev–Trinajstić information content (AvgIpc) is 2.51. The van der Waals surface area contributed by atoms with Gasteiger partial charge in [0.15, 0.2) is 0 Å². The molecule has 0 unspecified atom stereocenters. The van der Waals surface area contributed by atoms with Crippen LogP contribution < -0.4 is 16.2 Å². The van der Waals surface area contributed by atoms with Crippen molar-refractivity contribution in [3.05, 3.63) is 0 Å². The number of hydrogen-bond donors (Lipinski definition) is 3. The Morgan fingerprint density at radius 2 is 0.500 bits per heavy atom. The lowest BCUT2D eigenvalue weighted by Crippen LogP contribution is -2.85. The second-order valence-electron chi connectivity index (χ2n) is 6.03. The Balaban J connectivity index is 7.00. The third-order valence-corrected chi connectivity index (χ3v) is 5.06. The summed E-state index contributed by atoms with van der Waals surface area (Å²) in [5.74, 6) is -60.6. The van der Waals surface area contributed by atoms with Crippen LogP contribution in [0.5, 0.6) is 0 Å². The van der Waals surface area contributed by atoms with Crippen LogP contribution in [0.4, 0.5) is 83.4 Å². The molecule has 0 aliphatic rings. The molecule has 0 rings (SSSR count). The lowest BCUT2D eigenvalue weighted by atomic mass is 9.89. The van der Waals surface area contributed by atoms with Crippen molar-refractivity contribution in [2.45, 2.75) is 53.2 Å². The smallest absolute Gasteiger partial charge is 0.323 e. The molecule has 0 saturated carbocycles. The van der Waals surface area contributed by atoms with Gasteiger partial charge in [0.1, 0.15) is 0 Å². The quantitative estimate of drug-likeness (QED) is 0.319. The summed E-state index contributed by atoms with van der Waals surface area (Å²) in [5, 5.41) is 12.0. The van der Waals surface area contributed by atoms with Crippen molar-refractivity contribution < 1.29 is 83.4 Å². The van der Waals surface area contributed by atoms with E-state index in [1.165, 1.54) is 0 Å². The van der Waals surface area contributed by atoms with Crippen molar-refractivity contribution in [1.82, 2.24) is 0 Å². The van der Waals surface area contributed by atoms with Gasteiger partial charge in [0, 0.05) is 0 Å². The van der Waals surface area contributed by atoms with Crippen LogP contribution in [0.2, 0.25) is 0 Å². The van der Waals surface area contributed by atoms with Gasteiger partial charge in [-0.3, -0.25) is 0 Å². The van der Waals surface area contributed by atoms with Gasteiger partial charge in [0.25, 0.3) is 0 Å². The number of halogens is 19. The minimum absolute atomic E-state index is 4.01. The van der Waals surface area contributed by atoms with Crippen LogP contribution in [0.1, 0.15) is 0 Å². The molecule has 194 valence electrons.